The lowest BCUT2D eigenvalue weighted by molar-refractivity contribution is -0.380. The number of nitrogens with zero attached hydrogens (tertiary/aromatic N) is 2. The highest BCUT2D eigenvalue weighted by molar-refractivity contribution is 8.18. The summed E-state index contributed by atoms with van der Waals surface area (Å²) in [6, 6.07) is 2.93. The van der Waals surface area contributed by atoms with Gasteiger partial charge in [0.15, 0.2) is 5.17 Å². The number of hydrogen-bond donors (Lipinski definition) is 1. The smallest absolute Gasteiger partial charge is 0.305 e. The van der Waals surface area contributed by atoms with Gasteiger partial charge >= 0.3 is 5.00 Å². The number of thiophene rings is 1. The van der Waals surface area contributed by atoms with Crippen LogP contribution in [0.4, 0.5) is 5.00 Å². The minimum Gasteiger partial charge on any atom is -0.305 e. The molecule has 98 valence electrons. The molecule has 2 heterocycles. The van der Waals surface area contributed by atoms with E-state index in [1.807, 2.05) is 0 Å². The maximum absolute atomic E-state index is 11.6. The number of rotatable bonds is 2. The molecule has 1 aliphatic heterocycles. The molecule has 1 N–H and O–H groups in total. The molecule has 0 saturated heterocycles. The summed E-state index contributed by atoms with van der Waals surface area (Å²) in [5.74, 6) is -0.781. The molecule has 0 aliphatic carbocycles. The highest BCUT2D eigenvalue weighted by atomic mass is 32.2. The number of nitro groups is 1. The first-order valence-corrected chi connectivity index (χ1v) is 6.63. The minimum absolute atomic E-state index is 0.00491. The summed E-state index contributed by atoms with van der Waals surface area (Å²) in [5, 5.41) is 13.2. The molecule has 7 nitrogen and oxygen atoms in total. The van der Waals surface area contributed by atoms with E-state index in [1.54, 1.807) is 6.07 Å². The van der Waals surface area contributed by atoms with E-state index in [9.17, 15) is 19.7 Å². The lowest BCUT2D eigenvalue weighted by atomic mass is 10.4. The van der Waals surface area contributed by atoms with Crippen LogP contribution >= 0.6 is 23.1 Å². The molecule has 0 saturated carbocycles. The van der Waals surface area contributed by atoms with E-state index in [1.165, 1.54) is 19.1 Å². The van der Waals surface area contributed by atoms with Crippen molar-refractivity contribution in [3.05, 3.63) is 32.0 Å². The fourth-order valence-corrected chi connectivity index (χ4v) is 2.95. The number of carbonyl (C=O) groups is 2. The molecule has 0 aromatic carbocycles. The Kier molecular flexibility index (Phi) is 3.76. The van der Waals surface area contributed by atoms with Crippen molar-refractivity contribution < 1.29 is 14.5 Å². The van der Waals surface area contributed by atoms with E-state index in [-0.39, 0.29) is 16.1 Å². The second-order valence-corrected chi connectivity index (χ2v) is 5.57. The third-order valence-electron chi connectivity index (χ3n) is 1.97. The van der Waals surface area contributed by atoms with Gasteiger partial charge in [-0.05, 0) is 23.9 Å². The van der Waals surface area contributed by atoms with Gasteiger partial charge in [-0.1, -0.05) is 11.3 Å². The maximum Gasteiger partial charge on any atom is 0.324 e. The van der Waals surface area contributed by atoms with Gasteiger partial charge in [-0.2, -0.15) is 4.99 Å². The first kappa shape index (κ1) is 13.4. The van der Waals surface area contributed by atoms with Crippen LogP contribution < -0.4 is 5.32 Å². The standard InChI is InChI=1S/C10H7N3O4S2/c1-5(14)11-10-12-9(15)7(19-10)4-6-2-3-8(18-6)13(16)17/h2-4H,1H3,(H,11,12,14,15). The van der Waals surface area contributed by atoms with E-state index in [4.69, 9.17) is 0 Å². The number of amidine groups is 1. The topological polar surface area (TPSA) is 102 Å². The molecular formula is C10H7N3O4S2. The summed E-state index contributed by atoms with van der Waals surface area (Å²) >= 11 is 1.99. The molecule has 1 aromatic rings. The van der Waals surface area contributed by atoms with E-state index in [0.29, 0.717) is 9.78 Å². The van der Waals surface area contributed by atoms with Gasteiger partial charge in [-0.15, -0.1) is 0 Å². The van der Waals surface area contributed by atoms with Crippen LogP contribution in [0.5, 0.6) is 0 Å². The predicted octanol–water partition coefficient (Wildman–Crippen LogP) is 1.76. The molecule has 1 aliphatic rings. The van der Waals surface area contributed by atoms with Crippen molar-refractivity contribution >= 4 is 51.2 Å². The molecule has 0 fully saturated rings. The molecule has 2 rings (SSSR count). The Morgan fingerprint density at radius 3 is 2.84 bits per heavy atom. The summed E-state index contributed by atoms with van der Waals surface area (Å²) < 4.78 is 0. The Hall–Kier alpha value is -2.00. The van der Waals surface area contributed by atoms with E-state index in [0.717, 1.165) is 23.1 Å². The average Bonchev–Trinajstić information content (AvgIpc) is 2.87. The molecule has 0 unspecified atom stereocenters. The van der Waals surface area contributed by atoms with Crippen LogP contribution in [0.3, 0.4) is 0 Å². The second kappa shape index (κ2) is 5.33. The summed E-state index contributed by atoms with van der Waals surface area (Å²) in [6.45, 7) is 1.32. The molecular weight excluding hydrogens is 290 g/mol. The molecule has 0 atom stereocenters. The van der Waals surface area contributed by atoms with Crippen LogP contribution in [0.25, 0.3) is 6.08 Å². The molecule has 0 spiro atoms. The summed E-state index contributed by atoms with van der Waals surface area (Å²) in [4.78, 5) is 37.0. The Morgan fingerprint density at radius 2 is 2.26 bits per heavy atom. The highest BCUT2D eigenvalue weighted by Crippen LogP contribution is 2.31. The molecule has 9 heteroatoms. The first-order chi connectivity index (χ1) is 8.95. The van der Waals surface area contributed by atoms with Crippen LogP contribution in [-0.4, -0.2) is 21.9 Å². The third kappa shape index (κ3) is 3.26. The van der Waals surface area contributed by atoms with E-state index >= 15 is 0 Å². The van der Waals surface area contributed by atoms with Crippen LogP contribution in [0.1, 0.15) is 11.8 Å². The monoisotopic (exact) mass is 297 g/mol. The number of aliphatic imine (C=N–C) groups is 1. The number of nitrogens with one attached hydrogen (secondary N) is 1. The minimum atomic E-state index is -0.491. The van der Waals surface area contributed by atoms with Crippen molar-refractivity contribution in [1.29, 1.82) is 0 Å². The second-order valence-electron chi connectivity index (χ2n) is 3.45. The third-order valence-corrected chi connectivity index (χ3v) is 3.85. The largest absolute Gasteiger partial charge is 0.324 e. The SMILES string of the molecule is CC(=O)NC1=NC(=O)C(=Cc2ccc([N+](=O)[O-])s2)S1. The molecule has 1 aromatic heterocycles. The van der Waals surface area contributed by atoms with Crippen molar-refractivity contribution in [1.82, 2.24) is 5.32 Å². The van der Waals surface area contributed by atoms with E-state index < -0.39 is 10.8 Å². The van der Waals surface area contributed by atoms with Crippen molar-refractivity contribution in [2.45, 2.75) is 6.92 Å². The Balaban J connectivity index is 2.15. The van der Waals surface area contributed by atoms with Gasteiger partial charge in [0.2, 0.25) is 5.91 Å². The van der Waals surface area contributed by atoms with Gasteiger partial charge in [0.05, 0.1) is 9.83 Å². The van der Waals surface area contributed by atoms with Crippen LogP contribution in [0.2, 0.25) is 0 Å². The van der Waals surface area contributed by atoms with Gasteiger partial charge in [0.1, 0.15) is 0 Å². The van der Waals surface area contributed by atoms with Crippen molar-refractivity contribution in [3.63, 3.8) is 0 Å². The lowest BCUT2D eigenvalue weighted by Crippen LogP contribution is -2.23. The molecule has 0 bridgehead atoms. The fourth-order valence-electron chi connectivity index (χ4n) is 1.26. The van der Waals surface area contributed by atoms with Crippen LogP contribution in [-0.2, 0) is 9.59 Å². The zero-order valence-corrected chi connectivity index (χ0v) is 11.2. The maximum atomic E-state index is 11.6. The van der Waals surface area contributed by atoms with Crippen LogP contribution in [0, 0.1) is 10.1 Å². The van der Waals surface area contributed by atoms with Crippen molar-refractivity contribution in [2.24, 2.45) is 4.99 Å². The number of amides is 2. The van der Waals surface area contributed by atoms with Crippen molar-refractivity contribution in [2.75, 3.05) is 0 Å². The number of hydrogen-bond acceptors (Lipinski definition) is 6. The first-order valence-electron chi connectivity index (χ1n) is 5.00. The Labute approximate surface area is 115 Å². The molecule has 19 heavy (non-hydrogen) atoms. The normalized spacial score (nSPS) is 16.6. The summed E-state index contributed by atoms with van der Waals surface area (Å²) in [6.07, 6.45) is 1.52. The highest BCUT2D eigenvalue weighted by Gasteiger charge is 2.23. The van der Waals surface area contributed by atoms with Gasteiger partial charge in [0, 0.05) is 17.9 Å². The van der Waals surface area contributed by atoms with E-state index in [2.05, 4.69) is 10.3 Å². The quantitative estimate of drug-likeness (QED) is 0.509. The average molecular weight is 297 g/mol. The summed E-state index contributed by atoms with van der Waals surface area (Å²) in [7, 11) is 0. The Morgan fingerprint density at radius 1 is 1.53 bits per heavy atom. The predicted molar refractivity (Wildman–Crippen MR) is 72.8 cm³/mol. The zero-order valence-electron chi connectivity index (χ0n) is 9.58. The van der Waals surface area contributed by atoms with Gasteiger partial charge in [-0.25, -0.2) is 0 Å². The van der Waals surface area contributed by atoms with Gasteiger partial charge < -0.3 is 5.32 Å². The van der Waals surface area contributed by atoms with Gasteiger partial charge in [0.25, 0.3) is 5.91 Å². The van der Waals surface area contributed by atoms with Crippen molar-refractivity contribution in [3.8, 4) is 0 Å². The Bertz CT molecular complexity index is 632. The molecule has 0 radical (unpaired) electrons. The zero-order chi connectivity index (χ0) is 14.0. The molecule has 2 amide bonds. The van der Waals surface area contributed by atoms with Gasteiger partial charge in [-0.3, -0.25) is 19.7 Å². The number of carbonyl (C=O) groups excluding carboxylic acids is 2. The van der Waals surface area contributed by atoms with Crippen LogP contribution in [0.15, 0.2) is 22.0 Å². The number of thioether (sulfide) groups is 1. The lowest BCUT2D eigenvalue weighted by Gasteiger charge is -1.96. The summed E-state index contributed by atoms with van der Waals surface area (Å²) in [5.41, 5.74) is 0. The fraction of sp³-hybridized carbons (Fsp3) is 0.100.